The molecule has 2 nitrogen and oxygen atoms in total. The van der Waals surface area contributed by atoms with Crippen LogP contribution in [0.4, 0.5) is 18.9 Å². The standard InChI is InChI=1S/C13H9BrF3NO/c14-9-3-7(1-2-12(9)19)6-18-11-5-8(15)4-10(16)13(11)17/h1-5,18-19H,6H2. The molecule has 0 amide bonds. The van der Waals surface area contributed by atoms with Gasteiger partial charge in [0.15, 0.2) is 11.6 Å². The number of anilines is 1. The Labute approximate surface area is 116 Å². The number of phenols is 1. The van der Waals surface area contributed by atoms with Crippen LogP contribution >= 0.6 is 15.9 Å². The molecule has 6 heteroatoms. The van der Waals surface area contributed by atoms with Crippen LogP contribution in [0.1, 0.15) is 5.56 Å². The largest absolute Gasteiger partial charge is 0.507 e. The highest BCUT2D eigenvalue weighted by atomic mass is 79.9. The van der Waals surface area contributed by atoms with Crippen LogP contribution in [0.2, 0.25) is 0 Å². The van der Waals surface area contributed by atoms with Gasteiger partial charge in [0.25, 0.3) is 0 Å². The van der Waals surface area contributed by atoms with Crippen LogP contribution < -0.4 is 5.32 Å². The maximum atomic E-state index is 13.4. The van der Waals surface area contributed by atoms with Gasteiger partial charge in [-0.05, 0) is 33.6 Å². The highest BCUT2D eigenvalue weighted by molar-refractivity contribution is 9.10. The second kappa shape index (κ2) is 5.52. The minimum atomic E-state index is -1.24. The number of benzene rings is 2. The Morgan fingerprint density at radius 1 is 1.11 bits per heavy atom. The molecule has 0 aliphatic carbocycles. The van der Waals surface area contributed by atoms with E-state index in [1.54, 1.807) is 12.1 Å². The van der Waals surface area contributed by atoms with Gasteiger partial charge in [-0.15, -0.1) is 0 Å². The molecular formula is C13H9BrF3NO. The molecule has 0 spiro atoms. The summed E-state index contributed by atoms with van der Waals surface area (Å²) < 4.78 is 39.8. The van der Waals surface area contributed by atoms with Crippen molar-refractivity contribution in [3.63, 3.8) is 0 Å². The average molecular weight is 332 g/mol. The zero-order chi connectivity index (χ0) is 14.0. The lowest BCUT2D eigenvalue weighted by molar-refractivity contribution is 0.471. The molecular weight excluding hydrogens is 323 g/mol. The highest BCUT2D eigenvalue weighted by Crippen LogP contribution is 2.25. The maximum absolute atomic E-state index is 13.4. The SMILES string of the molecule is Oc1ccc(CNc2cc(F)cc(F)c2F)cc1Br. The maximum Gasteiger partial charge on any atom is 0.182 e. The molecule has 0 atom stereocenters. The lowest BCUT2D eigenvalue weighted by Crippen LogP contribution is -2.03. The predicted octanol–water partition coefficient (Wildman–Crippen LogP) is 4.18. The minimum Gasteiger partial charge on any atom is -0.507 e. The highest BCUT2D eigenvalue weighted by Gasteiger charge is 2.10. The van der Waals surface area contributed by atoms with Crippen LogP contribution in [0.5, 0.6) is 5.75 Å². The van der Waals surface area contributed by atoms with Gasteiger partial charge in [-0.25, -0.2) is 13.2 Å². The molecule has 0 bridgehead atoms. The number of halogens is 4. The summed E-state index contributed by atoms with van der Waals surface area (Å²) in [6.07, 6.45) is 0. The van der Waals surface area contributed by atoms with Crippen molar-refractivity contribution in [2.45, 2.75) is 6.54 Å². The number of hydrogen-bond acceptors (Lipinski definition) is 2. The minimum absolute atomic E-state index is 0.0757. The van der Waals surface area contributed by atoms with Crippen molar-refractivity contribution >= 4 is 21.6 Å². The molecule has 100 valence electrons. The first-order valence-corrected chi connectivity index (χ1v) is 6.12. The first-order valence-electron chi connectivity index (χ1n) is 5.33. The molecule has 0 fully saturated rings. The quantitative estimate of drug-likeness (QED) is 0.827. The van der Waals surface area contributed by atoms with E-state index < -0.39 is 17.5 Å². The number of aromatic hydroxyl groups is 1. The summed E-state index contributed by atoms with van der Waals surface area (Å²) in [6, 6.07) is 6.06. The van der Waals surface area contributed by atoms with Crippen LogP contribution in [0.15, 0.2) is 34.8 Å². The Hall–Kier alpha value is -1.69. The summed E-state index contributed by atoms with van der Waals surface area (Å²) >= 11 is 3.14. The van der Waals surface area contributed by atoms with Gasteiger partial charge in [0.05, 0.1) is 10.2 Å². The van der Waals surface area contributed by atoms with E-state index in [0.29, 0.717) is 16.1 Å². The fraction of sp³-hybridized carbons (Fsp3) is 0.0769. The predicted molar refractivity (Wildman–Crippen MR) is 69.4 cm³/mol. The molecule has 0 aliphatic rings. The molecule has 0 heterocycles. The van der Waals surface area contributed by atoms with E-state index in [1.807, 2.05) is 0 Å². The van der Waals surface area contributed by atoms with Gasteiger partial charge in [0.2, 0.25) is 0 Å². The van der Waals surface area contributed by atoms with Crippen LogP contribution in [-0.4, -0.2) is 5.11 Å². The molecule has 0 aliphatic heterocycles. The third kappa shape index (κ3) is 3.20. The molecule has 0 saturated carbocycles. The normalized spacial score (nSPS) is 10.5. The van der Waals surface area contributed by atoms with Crippen LogP contribution in [0.25, 0.3) is 0 Å². The fourth-order valence-corrected chi connectivity index (χ4v) is 1.97. The molecule has 0 aromatic heterocycles. The van der Waals surface area contributed by atoms with Crippen LogP contribution in [0.3, 0.4) is 0 Å². The zero-order valence-corrected chi connectivity index (χ0v) is 11.1. The van der Waals surface area contributed by atoms with E-state index in [0.717, 1.165) is 6.07 Å². The molecule has 2 aromatic carbocycles. The van der Waals surface area contributed by atoms with Gasteiger partial charge in [-0.3, -0.25) is 0 Å². The van der Waals surface area contributed by atoms with Gasteiger partial charge >= 0.3 is 0 Å². The summed E-state index contributed by atoms with van der Waals surface area (Å²) in [6.45, 7) is 0.165. The van der Waals surface area contributed by atoms with E-state index in [-0.39, 0.29) is 18.0 Å². The van der Waals surface area contributed by atoms with Crippen molar-refractivity contribution in [1.82, 2.24) is 0 Å². The fourth-order valence-electron chi connectivity index (χ4n) is 1.54. The Morgan fingerprint density at radius 2 is 1.84 bits per heavy atom. The van der Waals surface area contributed by atoms with Crippen LogP contribution in [-0.2, 0) is 6.54 Å². The molecule has 0 saturated heterocycles. The Kier molecular flexibility index (Phi) is 3.99. The summed E-state index contributed by atoms with van der Waals surface area (Å²) in [5.41, 5.74) is 0.468. The number of phenolic OH excluding ortho intramolecular Hbond substituents is 1. The third-order valence-corrected chi connectivity index (χ3v) is 3.12. The lowest BCUT2D eigenvalue weighted by atomic mass is 10.2. The van der Waals surface area contributed by atoms with Crippen molar-refractivity contribution in [2.24, 2.45) is 0 Å². The molecule has 2 aromatic rings. The summed E-state index contributed by atoms with van der Waals surface area (Å²) in [4.78, 5) is 0. The van der Waals surface area contributed by atoms with Crippen molar-refractivity contribution < 1.29 is 18.3 Å². The van der Waals surface area contributed by atoms with Gasteiger partial charge in [0, 0.05) is 18.7 Å². The monoisotopic (exact) mass is 331 g/mol. The Bertz CT molecular complexity index is 619. The van der Waals surface area contributed by atoms with Crippen molar-refractivity contribution in [1.29, 1.82) is 0 Å². The topological polar surface area (TPSA) is 32.3 Å². The number of nitrogens with one attached hydrogen (secondary N) is 1. The second-order valence-corrected chi connectivity index (χ2v) is 4.74. The Morgan fingerprint density at radius 3 is 2.53 bits per heavy atom. The Balaban J connectivity index is 2.16. The van der Waals surface area contributed by atoms with E-state index in [4.69, 9.17) is 0 Å². The lowest BCUT2D eigenvalue weighted by Gasteiger charge is -2.09. The summed E-state index contributed by atoms with van der Waals surface area (Å²) in [5, 5.41) is 11.9. The third-order valence-electron chi connectivity index (χ3n) is 2.49. The van der Waals surface area contributed by atoms with Gasteiger partial charge in [-0.2, -0.15) is 0 Å². The second-order valence-electron chi connectivity index (χ2n) is 3.89. The number of hydrogen-bond donors (Lipinski definition) is 2. The summed E-state index contributed by atoms with van der Waals surface area (Å²) in [7, 11) is 0. The van der Waals surface area contributed by atoms with E-state index in [1.165, 1.54) is 6.07 Å². The first kappa shape index (κ1) is 13.7. The zero-order valence-electron chi connectivity index (χ0n) is 9.55. The smallest absolute Gasteiger partial charge is 0.182 e. The first-order chi connectivity index (χ1) is 8.97. The van der Waals surface area contributed by atoms with Crippen molar-refractivity contribution in [3.8, 4) is 5.75 Å². The number of rotatable bonds is 3. The van der Waals surface area contributed by atoms with E-state index in [2.05, 4.69) is 21.2 Å². The average Bonchev–Trinajstić information content (AvgIpc) is 2.36. The summed E-state index contributed by atoms with van der Waals surface area (Å²) in [5.74, 6) is -3.14. The molecule has 0 unspecified atom stereocenters. The van der Waals surface area contributed by atoms with Gasteiger partial charge in [-0.1, -0.05) is 6.07 Å². The van der Waals surface area contributed by atoms with Gasteiger partial charge in [0.1, 0.15) is 11.6 Å². The molecule has 2 rings (SSSR count). The van der Waals surface area contributed by atoms with Crippen LogP contribution in [0, 0.1) is 17.5 Å². The van der Waals surface area contributed by atoms with E-state index in [9.17, 15) is 18.3 Å². The molecule has 0 radical (unpaired) electrons. The van der Waals surface area contributed by atoms with E-state index >= 15 is 0 Å². The van der Waals surface area contributed by atoms with Gasteiger partial charge < -0.3 is 10.4 Å². The molecule has 2 N–H and O–H groups in total. The molecule has 19 heavy (non-hydrogen) atoms. The van der Waals surface area contributed by atoms with Crippen molar-refractivity contribution in [3.05, 3.63) is 57.8 Å². The van der Waals surface area contributed by atoms with Crippen molar-refractivity contribution in [2.75, 3.05) is 5.32 Å².